The number of hydrogen-bond acceptors (Lipinski definition) is 6. The molecule has 0 radical (unpaired) electrons. The number of rotatable bonds is 0. The lowest BCUT2D eigenvalue weighted by Crippen LogP contribution is -1.92. The third-order valence-corrected chi connectivity index (χ3v) is 19.5. The molecule has 6 aromatic carbocycles. The zero-order valence-electron chi connectivity index (χ0n) is 66.2. The van der Waals surface area contributed by atoms with Gasteiger partial charge in [-0.2, -0.15) is 0 Å². The summed E-state index contributed by atoms with van der Waals surface area (Å²) in [4.78, 5) is 26.7. The van der Waals surface area contributed by atoms with Crippen LogP contribution >= 0.6 is 0 Å². The summed E-state index contributed by atoms with van der Waals surface area (Å²) in [6.07, 6.45) is 17.7. The Morgan fingerprint density at radius 2 is 0.588 bits per heavy atom. The van der Waals surface area contributed by atoms with Gasteiger partial charge in [-0.15, -0.1) is 0 Å². The fourth-order valence-electron chi connectivity index (χ4n) is 13.6. The number of aromatic nitrogens is 6. The molecule has 6 heterocycles. The third kappa shape index (κ3) is 17.9. The molecule has 6 aliphatic carbocycles. The number of nitrogens with zero attached hydrogens (tertiary/aromatic N) is 6. The second-order valence-corrected chi connectivity index (χ2v) is 25.6. The van der Waals surface area contributed by atoms with E-state index in [1.807, 2.05) is 132 Å². The molecule has 18 rings (SSSR count). The van der Waals surface area contributed by atoms with Gasteiger partial charge in [0.2, 0.25) is 0 Å². The molecule has 6 nitrogen and oxygen atoms in total. The molecule has 0 amide bonds. The quantitative estimate of drug-likeness (QED) is 0.151. The van der Waals surface area contributed by atoms with Crippen LogP contribution in [-0.4, -0.2) is 29.9 Å². The van der Waals surface area contributed by atoms with E-state index in [4.69, 9.17) is 4.98 Å². The molecule has 0 atom stereocenters. The van der Waals surface area contributed by atoms with E-state index in [1.165, 1.54) is 190 Å². The van der Waals surface area contributed by atoms with Crippen molar-refractivity contribution in [3.8, 4) is 67.0 Å². The smallest absolute Gasteiger partial charge is 0.0743 e. The first-order valence-electron chi connectivity index (χ1n) is 37.8. The maximum Gasteiger partial charge on any atom is 0.0743 e. The molecule has 0 saturated carbocycles. The summed E-state index contributed by atoms with van der Waals surface area (Å²) in [6.45, 7) is 49.8. The van der Waals surface area contributed by atoms with Gasteiger partial charge < -0.3 is 0 Å². The van der Waals surface area contributed by atoms with Crippen molar-refractivity contribution < 1.29 is 0 Å². The van der Waals surface area contributed by atoms with Crippen molar-refractivity contribution in [2.24, 2.45) is 0 Å². The Labute approximate surface area is 614 Å². The molecule has 0 saturated heterocycles. The van der Waals surface area contributed by atoms with E-state index in [9.17, 15) is 0 Å². The average molecular weight is 1350 g/mol. The van der Waals surface area contributed by atoms with Crippen LogP contribution in [0.1, 0.15) is 217 Å². The highest BCUT2D eigenvalue weighted by atomic mass is 14.7. The van der Waals surface area contributed by atoms with Gasteiger partial charge in [0, 0.05) is 108 Å². The van der Waals surface area contributed by atoms with E-state index in [0.29, 0.717) is 0 Å². The highest BCUT2D eigenvalue weighted by Gasteiger charge is 2.25. The molecule has 6 aliphatic rings. The Hall–Kier alpha value is -9.78. The summed E-state index contributed by atoms with van der Waals surface area (Å²) in [6, 6.07) is 52.7. The number of benzene rings is 6. The summed E-state index contributed by atoms with van der Waals surface area (Å²) in [5, 5.41) is 0. The summed E-state index contributed by atoms with van der Waals surface area (Å²) in [5.74, 6) is 0. The lowest BCUT2D eigenvalue weighted by molar-refractivity contribution is 1.05. The fraction of sp³-hybridized carbons (Fsp3) is 0.312. The van der Waals surface area contributed by atoms with Crippen LogP contribution in [0.3, 0.4) is 0 Å². The van der Waals surface area contributed by atoms with E-state index in [-0.39, 0.29) is 0 Å². The molecule has 528 valence electrons. The van der Waals surface area contributed by atoms with Crippen molar-refractivity contribution in [2.45, 2.75) is 205 Å². The molecule has 0 bridgehead atoms. The fourth-order valence-corrected chi connectivity index (χ4v) is 13.6. The maximum absolute atomic E-state index is 4.69. The van der Waals surface area contributed by atoms with Crippen molar-refractivity contribution in [2.75, 3.05) is 0 Å². The van der Waals surface area contributed by atoms with Gasteiger partial charge in [-0.3, -0.25) is 29.9 Å². The Balaban J connectivity index is 0.000000166. The molecule has 6 aromatic heterocycles. The predicted molar refractivity (Wildman–Crippen MR) is 440 cm³/mol. The summed E-state index contributed by atoms with van der Waals surface area (Å²) < 4.78 is 0. The van der Waals surface area contributed by atoms with Crippen LogP contribution in [0.5, 0.6) is 0 Å². The zero-order valence-corrected chi connectivity index (χ0v) is 66.2. The lowest BCUT2D eigenvalue weighted by Gasteiger charge is -2.05. The molecule has 102 heavy (non-hydrogen) atoms. The van der Waals surface area contributed by atoms with Gasteiger partial charge in [0.25, 0.3) is 0 Å². The molecule has 12 aromatic rings. The minimum Gasteiger partial charge on any atom is -0.264 e. The first kappa shape index (κ1) is 79.5. The largest absolute Gasteiger partial charge is 0.264 e. The van der Waals surface area contributed by atoms with E-state index in [0.717, 1.165) is 49.9 Å². The molecule has 0 aliphatic heterocycles. The van der Waals surface area contributed by atoms with Crippen LogP contribution < -0.4 is 0 Å². The number of hydrogen-bond donors (Lipinski definition) is 0. The van der Waals surface area contributed by atoms with Crippen LogP contribution in [0.25, 0.3) is 67.0 Å². The summed E-state index contributed by atoms with van der Waals surface area (Å²) in [5.41, 5.74) is 48.2. The van der Waals surface area contributed by atoms with Gasteiger partial charge in [0.05, 0.1) is 22.8 Å². The number of pyridine rings is 6. The second kappa shape index (κ2) is 37.8. The van der Waals surface area contributed by atoms with Crippen LogP contribution in [0, 0.1) is 83.1 Å². The minimum absolute atomic E-state index is 0.993. The second-order valence-electron chi connectivity index (χ2n) is 25.6. The van der Waals surface area contributed by atoms with Gasteiger partial charge in [0.15, 0.2) is 0 Å². The summed E-state index contributed by atoms with van der Waals surface area (Å²) >= 11 is 0. The molecule has 0 spiro atoms. The molecular formula is C96H114N6. The van der Waals surface area contributed by atoms with Crippen LogP contribution in [0.4, 0.5) is 0 Å². The molecule has 6 heteroatoms. The van der Waals surface area contributed by atoms with E-state index in [2.05, 4.69) is 241 Å². The maximum atomic E-state index is 4.69. The average Bonchev–Trinajstić information content (AvgIpc) is 1.69. The van der Waals surface area contributed by atoms with Crippen molar-refractivity contribution >= 4 is 0 Å². The topological polar surface area (TPSA) is 77.3 Å². The van der Waals surface area contributed by atoms with Crippen molar-refractivity contribution in [1.82, 2.24) is 29.9 Å². The van der Waals surface area contributed by atoms with Gasteiger partial charge >= 0.3 is 0 Å². The van der Waals surface area contributed by atoms with Crippen molar-refractivity contribution in [3.63, 3.8) is 0 Å². The predicted octanol–water partition coefficient (Wildman–Crippen LogP) is 25.8. The van der Waals surface area contributed by atoms with E-state index >= 15 is 0 Å². The van der Waals surface area contributed by atoms with E-state index < -0.39 is 0 Å². The molecular weight excluding hydrogens is 1240 g/mol. The lowest BCUT2D eigenvalue weighted by atomic mass is 10.00. The monoisotopic (exact) mass is 1350 g/mol. The highest BCUT2D eigenvalue weighted by Crippen LogP contribution is 2.42. The third-order valence-electron chi connectivity index (χ3n) is 19.5. The van der Waals surface area contributed by atoms with Gasteiger partial charge in [-0.1, -0.05) is 192 Å². The van der Waals surface area contributed by atoms with Crippen molar-refractivity contribution in [1.29, 1.82) is 0 Å². The Morgan fingerprint density at radius 1 is 0.216 bits per heavy atom. The zero-order chi connectivity index (χ0) is 74.5. The first-order chi connectivity index (χ1) is 49.5. The van der Waals surface area contributed by atoms with Gasteiger partial charge in [-0.05, 0) is 265 Å². The molecule has 0 N–H and O–H groups in total. The minimum atomic E-state index is 0.993. The first-order valence-corrected chi connectivity index (χ1v) is 37.8. The number of aryl methyl sites for hydroxylation is 12. The summed E-state index contributed by atoms with van der Waals surface area (Å²) in [7, 11) is 0. The SMILES string of the molecule is CC.CC.CC.CC.CC.CC.Cc1cc2c(cc1C)-c1cccnc1C2.Cc1cc2c(cc1C)-c1ccncc1C2.Cc1cc2c(cc1C)-c1cnccc1C2.Cc1cc2c(cc1C)-c1ncccc1C2.Cc1cc2c(nc1C)-c1ccccc1C2.Cc1cc2c(nc1C)Cc1ccccc1-2. The Bertz CT molecular complexity index is 4030. The van der Waals surface area contributed by atoms with Crippen LogP contribution in [0.15, 0.2) is 183 Å². The number of fused-ring (bicyclic) bond motifs is 18. The molecule has 0 unspecified atom stereocenters. The highest BCUT2D eigenvalue weighted by molar-refractivity contribution is 5.81. The Kier molecular flexibility index (Phi) is 29.4. The van der Waals surface area contributed by atoms with Crippen LogP contribution in [0.2, 0.25) is 0 Å². The van der Waals surface area contributed by atoms with Crippen LogP contribution in [-0.2, 0) is 38.5 Å². The standard InChI is InChI=1S/6C14H13N.6C2H6/c1-9-5-11-7-12-8-15-4-3-13(12)14(11)6-10(9)2;1-9-5-12-7-11-3-4-15-8-14(11)13(12)6-10(9)2;1-9-6-11-8-14-12(4-3-5-15-14)13(11)7-10(9)2;1-9-6-12-8-11-4-3-5-15-14(11)13(12)7-10(9)2;1-9-7-12-8-11-5-3-4-6-13(11)14(12)15-10(9)2;1-9-7-13-12-6-4-3-5-11(12)8-14(13)15-10(9)2;6*1-2/h2*3-6,8H,7H2,1-2H3;4*3-7H,8H2,1-2H3;6*1-2H3. The molecule has 0 fully saturated rings. The van der Waals surface area contributed by atoms with Gasteiger partial charge in [-0.25, -0.2) is 0 Å². The van der Waals surface area contributed by atoms with Crippen molar-refractivity contribution in [3.05, 3.63) is 317 Å². The van der Waals surface area contributed by atoms with Gasteiger partial charge in [0.1, 0.15) is 0 Å². The van der Waals surface area contributed by atoms with E-state index in [1.54, 1.807) is 0 Å². The normalized spacial score (nSPS) is 11.3. The Morgan fingerprint density at radius 3 is 1.21 bits per heavy atom.